The summed E-state index contributed by atoms with van der Waals surface area (Å²) >= 11 is 0. The van der Waals surface area contributed by atoms with Gasteiger partial charge < -0.3 is 0 Å². The molecule has 1 heterocycles. The molecule has 32 valence electrons. The van der Waals surface area contributed by atoms with Gasteiger partial charge in [-0.1, -0.05) is 6.08 Å². The molecule has 0 aromatic heterocycles. The zero-order valence-corrected chi connectivity index (χ0v) is 3.60. The molecule has 0 radical (unpaired) electrons. The smallest absolute Gasteiger partial charge is 0.0719 e. The van der Waals surface area contributed by atoms with Gasteiger partial charge in [-0.05, 0) is 6.92 Å². The average Bonchev–Trinajstić information content (AvgIpc) is 1.31. The topological polar surface area (TPSA) is 24.4 Å². The zero-order valence-electron chi connectivity index (χ0n) is 3.60. The van der Waals surface area contributed by atoms with Gasteiger partial charge in [0.1, 0.15) is 0 Å². The average molecular weight is 82.1 g/mol. The number of nitrogens with zero attached hydrogens (tertiary/aromatic N) is 1. The molecular formula is C4H6N2. The van der Waals surface area contributed by atoms with Crippen LogP contribution in [0.2, 0.25) is 0 Å². The molecule has 0 saturated carbocycles. The number of allylic oxidation sites excluding steroid dienone is 2. The Labute approximate surface area is 36.6 Å². The maximum absolute atomic E-state index is 3.63. The molecule has 0 fully saturated rings. The summed E-state index contributed by atoms with van der Waals surface area (Å²) < 4.78 is 0. The van der Waals surface area contributed by atoms with Crippen molar-refractivity contribution in [3.63, 3.8) is 0 Å². The van der Waals surface area contributed by atoms with Crippen molar-refractivity contribution in [1.29, 1.82) is 0 Å². The highest BCUT2D eigenvalue weighted by Crippen LogP contribution is 1.89. The molecule has 1 aliphatic heterocycles. The van der Waals surface area contributed by atoms with E-state index in [2.05, 4.69) is 10.5 Å². The van der Waals surface area contributed by atoms with E-state index >= 15 is 0 Å². The molecule has 1 N–H and O–H groups in total. The van der Waals surface area contributed by atoms with Gasteiger partial charge in [-0.2, -0.15) is 5.10 Å². The number of nitrogens with one attached hydrogen (secondary N) is 1. The second-order valence-corrected chi connectivity index (χ2v) is 1.11. The molecule has 0 amide bonds. The van der Waals surface area contributed by atoms with E-state index in [0.29, 0.717) is 0 Å². The molecule has 0 bridgehead atoms. The molecule has 0 unspecified atom stereocenters. The summed E-state index contributed by atoms with van der Waals surface area (Å²) in [5.41, 5.74) is 3.83. The van der Waals surface area contributed by atoms with Crippen molar-refractivity contribution in [2.24, 2.45) is 5.10 Å². The summed E-state index contributed by atoms with van der Waals surface area (Å²) in [6, 6.07) is 0. The van der Waals surface area contributed by atoms with Crippen LogP contribution in [0, 0.1) is 0 Å². The Morgan fingerprint density at radius 1 is 2.00 bits per heavy atom. The van der Waals surface area contributed by atoms with Gasteiger partial charge in [0, 0.05) is 0 Å². The molecule has 0 aromatic rings. The fourth-order valence-electron chi connectivity index (χ4n) is 0.278. The van der Waals surface area contributed by atoms with Crippen LogP contribution in [0.4, 0.5) is 0 Å². The van der Waals surface area contributed by atoms with Crippen molar-refractivity contribution in [2.75, 3.05) is 0 Å². The summed E-state index contributed by atoms with van der Waals surface area (Å²) in [6.07, 6.45) is 3.74. The van der Waals surface area contributed by atoms with Gasteiger partial charge >= 0.3 is 0 Å². The first kappa shape index (κ1) is 3.40. The Balaban J connectivity index is 2.60. The lowest BCUT2D eigenvalue weighted by Gasteiger charge is -2.05. The summed E-state index contributed by atoms with van der Waals surface area (Å²) in [4.78, 5) is 0. The van der Waals surface area contributed by atoms with Crippen molar-refractivity contribution >= 4 is 6.21 Å². The van der Waals surface area contributed by atoms with Gasteiger partial charge in [-0.15, -0.1) is 0 Å². The first-order valence-corrected chi connectivity index (χ1v) is 1.89. The highest BCUT2D eigenvalue weighted by molar-refractivity contribution is 5.81. The third-order valence-electron chi connectivity index (χ3n) is 0.708. The summed E-state index contributed by atoms with van der Waals surface area (Å²) in [6.45, 7) is 1.97. The maximum Gasteiger partial charge on any atom is 0.0719 e. The summed E-state index contributed by atoms with van der Waals surface area (Å²) in [5, 5.41) is 3.63. The van der Waals surface area contributed by atoms with Crippen LogP contribution in [-0.4, -0.2) is 6.21 Å². The van der Waals surface area contributed by atoms with Gasteiger partial charge in [0.2, 0.25) is 0 Å². The lowest BCUT2D eigenvalue weighted by atomic mass is 10.4. The minimum Gasteiger partial charge on any atom is -0.277 e. The SMILES string of the molecule is CC=C1C=NN1. The van der Waals surface area contributed by atoms with E-state index < -0.39 is 0 Å². The predicted octanol–water partition coefficient (Wildman–Crippen LogP) is 0.479. The van der Waals surface area contributed by atoms with E-state index in [0.717, 1.165) is 5.70 Å². The summed E-state index contributed by atoms with van der Waals surface area (Å²) in [7, 11) is 0. The molecular weight excluding hydrogens is 76.1 g/mol. The van der Waals surface area contributed by atoms with Crippen LogP contribution in [0.5, 0.6) is 0 Å². The molecule has 0 saturated heterocycles. The maximum atomic E-state index is 3.63. The van der Waals surface area contributed by atoms with E-state index in [1.54, 1.807) is 6.21 Å². The standard InChI is InChI=1S/C4H6N2/c1-2-4-3-5-6-4/h2-3,6H,1H3. The number of rotatable bonds is 0. The quantitative estimate of drug-likeness (QED) is 0.451. The predicted molar refractivity (Wildman–Crippen MR) is 25.4 cm³/mol. The fraction of sp³-hybridized carbons (Fsp3) is 0.250. The second-order valence-electron chi connectivity index (χ2n) is 1.11. The molecule has 6 heavy (non-hydrogen) atoms. The van der Waals surface area contributed by atoms with E-state index in [9.17, 15) is 0 Å². The van der Waals surface area contributed by atoms with Crippen molar-refractivity contribution < 1.29 is 0 Å². The van der Waals surface area contributed by atoms with Gasteiger partial charge in [0.15, 0.2) is 0 Å². The van der Waals surface area contributed by atoms with Crippen LogP contribution < -0.4 is 5.43 Å². The largest absolute Gasteiger partial charge is 0.277 e. The van der Waals surface area contributed by atoms with Gasteiger partial charge in [-0.3, -0.25) is 5.43 Å². The third-order valence-corrected chi connectivity index (χ3v) is 0.708. The number of hydrogen-bond donors (Lipinski definition) is 1. The Morgan fingerprint density at radius 3 is 2.67 bits per heavy atom. The van der Waals surface area contributed by atoms with Gasteiger partial charge in [0.05, 0.1) is 11.9 Å². The third kappa shape index (κ3) is 0.302. The molecule has 0 aliphatic carbocycles. The van der Waals surface area contributed by atoms with Crippen molar-refractivity contribution in [2.45, 2.75) is 6.92 Å². The molecule has 0 spiro atoms. The van der Waals surface area contributed by atoms with Crippen LogP contribution in [0.15, 0.2) is 16.9 Å². The molecule has 2 nitrogen and oxygen atoms in total. The van der Waals surface area contributed by atoms with Gasteiger partial charge in [0.25, 0.3) is 0 Å². The lowest BCUT2D eigenvalue weighted by molar-refractivity contribution is 0.881. The molecule has 1 rings (SSSR count). The van der Waals surface area contributed by atoms with E-state index in [-0.39, 0.29) is 0 Å². The van der Waals surface area contributed by atoms with Crippen molar-refractivity contribution in [3.05, 3.63) is 11.8 Å². The molecule has 1 aliphatic rings. The molecule has 2 heteroatoms. The van der Waals surface area contributed by atoms with Gasteiger partial charge in [-0.25, -0.2) is 0 Å². The number of hydrogen-bond acceptors (Lipinski definition) is 2. The van der Waals surface area contributed by atoms with Crippen molar-refractivity contribution in [3.8, 4) is 0 Å². The normalized spacial score (nSPS) is 23.2. The minimum atomic E-state index is 1.11. The molecule has 0 aromatic carbocycles. The van der Waals surface area contributed by atoms with E-state index in [1.807, 2.05) is 13.0 Å². The fourth-order valence-corrected chi connectivity index (χ4v) is 0.278. The van der Waals surface area contributed by atoms with Crippen LogP contribution in [0.3, 0.4) is 0 Å². The van der Waals surface area contributed by atoms with Crippen LogP contribution in [0.25, 0.3) is 0 Å². The highest BCUT2D eigenvalue weighted by atomic mass is 15.3. The van der Waals surface area contributed by atoms with Crippen molar-refractivity contribution in [1.82, 2.24) is 5.43 Å². The second kappa shape index (κ2) is 1.12. The zero-order chi connectivity index (χ0) is 4.41. The Bertz CT molecular complexity index is 102. The Hall–Kier alpha value is -0.790. The van der Waals surface area contributed by atoms with Crippen LogP contribution in [-0.2, 0) is 0 Å². The molecule has 0 atom stereocenters. The first-order chi connectivity index (χ1) is 2.93. The number of hydrazone groups is 1. The summed E-state index contributed by atoms with van der Waals surface area (Å²) in [5.74, 6) is 0. The lowest BCUT2D eigenvalue weighted by Crippen LogP contribution is -2.16. The van der Waals surface area contributed by atoms with Crippen LogP contribution >= 0.6 is 0 Å². The Morgan fingerprint density at radius 2 is 2.67 bits per heavy atom. The van der Waals surface area contributed by atoms with Crippen LogP contribution in [0.1, 0.15) is 6.92 Å². The minimum absolute atomic E-state index is 1.11. The van der Waals surface area contributed by atoms with E-state index in [1.165, 1.54) is 0 Å². The monoisotopic (exact) mass is 82.1 g/mol. The highest BCUT2D eigenvalue weighted by Gasteiger charge is 1.92. The van der Waals surface area contributed by atoms with E-state index in [4.69, 9.17) is 0 Å². The first-order valence-electron chi connectivity index (χ1n) is 1.89. The Kier molecular flexibility index (Phi) is 0.638.